The Labute approximate surface area is 137 Å². The number of anilines is 2. The normalized spacial score (nSPS) is 9.59. The molecule has 0 unspecified atom stereocenters. The smallest absolute Gasteiger partial charge is 1.00 e. The van der Waals surface area contributed by atoms with E-state index in [1.807, 2.05) is 12.1 Å². The van der Waals surface area contributed by atoms with Crippen LogP contribution in [0.5, 0.6) is 0 Å². The average molecular weight is 300 g/mol. The Morgan fingerprint density at radius 3 is 2.12 bits per heavy atom. The molecule has 17 heavy (non-hydrogen) atoms. The van der Waals surface area contributed by atoms with Crippen LogP contribution in [-0.2, 0) is 0 Å². The maximum atomic E-state index is 5.95. The molecule has 0 fully saturated rings. The van der Waals surface area contributed by atoms with E-state index in [4.69, 9.17) is 34.8 Å². The average Bonchev–Trinajstić information content (AvgIpc) is 2.20. The quantitative estimate of drug-likeness (QED) is 0.829. The zero-order valence-corrected chi connectivity index (χ0v) is 13.1. The van der Waals surface area contributed by atoms with Crippen molar-refractivity contribution in [2.24, 2.45) is 0 Å². The molecule has 0 saturated heterocycles. The van der Waals surface area contributed by atoms with Gasteiger partial charge in [-0.2, -0.15) is 15.0 Å². The van der Waals surface area contributed by atoms with Gasteiger partial charge in [0, 0.05) is 0 Å². The van der Waals surface area contributed by atoms with E-state index in [-0.39, 0.29) is 47.5 Å². The molecule has 0 amide bonds. The number of para-hydroxylation sites is 1. The third-order valence-electron chi connectivity index (χ3n) is 1.70. The van der Waals surface area contributed by atoms with Crippen molar-refractivity contribution in [3.05, 3.63) is 39.9 Å². The summed E-state index contributed by atoms with van der Waals surface area (Å²) < 4.78 is 0. The molecule has 84 valence electrons. The van der Waals surface area contributed by atoms with Gasteiger partial charge in [0.2, 0.25) is 16.5 Å². The monoisotopic (exact) mass is 298 g/mol. The van der Waals surface area contributed by atoms with Gasteiger partial charge >= 0.3 is 29.6 Å². The van der Waals surface area contributed by atoms with Crippen LogP contribution in [0.15, 0.2) is 24.3 Å². The maximum absolute atomic E-state index is 5.95. The Bertz CT molecular complexity index is 509. The van der Waals surface area contributed by atoms with E-state index in [9.17, 15) is 0 Å². The van der Waals surface area contributed by atoms with Crippen LogP contribution < -0.4 is 34.9 Å². The second kappa shape index (κ2) is 6.73. The van der Waals surface area contributed by atoms with Crippen LogP contribution in [-0.4, -0.2) is 15.0 Å². The molecule has 0 bridgehead atoms. The number of halogens is 3. The number of rotatable bonds is 2. The molecular weight excluding hydrogens is 293 g/mol. The summed E-state index contributed by atoms with van der Waals surface area (Å²) in [5, 5.41) is 3.49. The molecule has 1 aromatic carbocycles. The van der Waals surface area contributed by atoms with Gasteiger partial charge in [0.05, 0.1) is 10.7 Å². The number of aromatic nitrogens is 3. The van der Waals surface area contributed by atoms with Crippen molar-refractivity contribution in [3.63, 3.8) is 0 Å². The van der Waals surface area contributed by atoms with Crippen LogP contribution in [0.1, 0.15) is 1.43 Å². The van der Waals surface area contributed by atoms with Crippen molar-refractivity contribution in [2.45, 2.75) is 0 Å². The molecule has 0 atom stereocenters. The zero-order chi connectivity index (χ0) is 11.5. The zero-order valence-electron chi connectivity index (χ0n) is 9.78. The van der Waals surface area contributed by atoms with Crippen molar-refractivity contribution in [2.75, 3.05) is 5.32 Å². The molecule has 0 spiro atoms. The first-order valence-electron chi connectivity index (χ1n) is 4.24. The summed E-state index contributed by atoms with van der Waals surface area (Å²) in [6, 6.07) is 7.18. The van der Waals surface area contributed by atoms with E-state index < -0.39 is 0 Å². The molecule has 2 aromatic rings. The summed E-state index contributed by atoms with van der Waals surface area (Å²) in [4.78, 5) is 11.4. The number of benzene rings is 1. The van der Waals surface area contributed by atoms with E-state index in [2.05, 4.69) is 20.3 Å². The topological polar surface area (TPSA) is 50.7 Å². The molecule has 2 rings (SSSR count). The fourth-order valence-corrected chi connectivity index (χ4v) is 1.61. The third-order valence-corrected chi connectivity index (χ3v) is 2.37. The van der Waals surface area contributed by atoms with Crippen molar-refractivity contribution in [1.82, 2.24) is 15.0 Å². The molecule has 0 saturated carbocycles. The molecule has 8 heteroatoms. The van der Waals surface area contributed by atoms with Crippen LogP contribution in [0.2, 0.25) is 15.6 Å². The van der Waals surface area contributed by atoms with Gasteiger partial charge in [0.1, 0.15) is 0 Å². The Kier molecular flexibility index (Phi) is 5.92. The van der Waals surface area contributed by atoms with Gasteiger partial charge in [-0.05, 0) is 35.3 Å². The van der Waals surface area contributed by atoms with Crippen LogP contribution in [0.4, 0.5) is 11.6 Å². The van der Waals surface area contributed by atoms with Crippen molar-refractivity contribution in [3.8, 4) is 0 Å². The summed E-state index contributed by atoms with van der Waals surface area (Å²) in [6.45, 7) is 0. The molecular formula is C9H6Cl3N4Na. The maximum Gasteiger partial charge on any atom is 1.00 e. The Morgan fingerprint density at radius 1 is 0.941 bits per heavy atom. The summed E-state index contributed by atoms with van der Waals surface area (Å²) in [6.07, 6.45) is 0. The number of hydrogen-bond donors (Lipinski definition) is 1. The van der Waals surface area contributed by atoms with Crippen molar-refractivity contribution < 1.29 is 31.0 Å². The predicted molar refractivity (Wildman–Crippen MR) is 65.7 cm³/mol. The van der Waals surface area contributed by atoms with Gasteiger partial charge in [-0.3, -0.25) is 0 Å². The number of hydrogen-bond acceptors (Lipinski definition) is 4. The van der Waals surface area contributed by atoms with Crippen molar-refractivity contribution in [1.29, 1.82) is 0 Å². The fourth-order valence-electron chi connectivity index (χ4n) is 1.06. The van der Waals surface area contributed by atoms with Crippen LogP contribution in [0, 0.1) is 0 Å². The minimum Gasteiger partial charge on any atom is -1.00 e. The van der Waals surface area contributed by atoms with E-state index in [1.165, 1.54) is 0 Å². The molecule has 0 radical (unpaired) electrons. The van der Waals surface area contributed by atoms with Gasteiger partial charge < -0.3 is 6.74 Å². The first-order chi connectivity index (χ1) is 7.65. The third kappa shape index (κ3) is 4.25. The molecule has 1 heterocycles. The van der Waals surface area contributed by atoms with E-state index >= 15 is 0 Å². The summed E-state index contributed by atoms with van der Waals surface area (Å²) in [5.41, 5.74) is 0.669. The second-order valence-electron chi connectivity index (χ2n) is 2.80. The first-order valence-corrected chi connectivity index (χ1v) is 5.37. The first kappa shape index (κ1) is 15.0. The minimum absolute atomic E-state index is 0. The minimum atomic E-state index is 0. The molecule has 1 N–H and O–H groups in total. The van der Waals surface area contributed by atoms with Gasteiger partial charge in [0.15, 0.2) is 0 Å². The molecule has 0 aliphatic carbocycles. The van der Waals surface area contributed by atoms with Gasteiger partial charge in [-0.25, -0.2) is 0 Å². The van der Waals surface area contributed by atoms with E-state index in [0.29, 0.717) is 10.7 Å². The molecule has 4 nitrogen and oxygen atoms in total. The molecule has 1 aromatic heterocycles. The van der Waals surface area contributed by atoms with Crippen LogP contribution >= 0.6 is 34.8 Å². The largest absolute Gasteiger partial charge is 1.00 e. The van der Waals surface area contributed by atoms with E-state index in [1.54, 1.807) is 12.1 Å². The van der Waals surface area contributed by atoms with Crippen LogP contribution in [0.25, 0.3) is 0 Å². The standard InChI is InChI=1S/C9H5Cl3N4.Na.H/c10-5-3-1-2-4-6(5)13-9-15-7(11)14-8(12)16-9;;/h1-4H,(H,13,14,15,16);;/q;+1;-1. The summed E-state index contributed by atoms with van der Waals surface area (Å²) >= 11 is 17.2. The molecule has 0 aliphatic rings. The van der Waals surface area contributed by atoms with E-state index in [0.717, 1.165) is 0 Å². The Morgan fingerprint density at radius 2 is 1.53 bits per heavy atom. The Balaban J connectivity index is 0.00000144. The predicted octanol–water partition coefficient (Wildman–Crippen LogP) is 0.692. The van der Waals surface area contributed by atoms with Gasteiger partial charge in [-0.1, -0.05) is 23.7 Å². The Hall–Kier alpha value is -0.1000. The number of nitrogens with zero attached hydrogens (tertiary/aromatic N) is 3. The van der Waals surface area contributed by atoms with Crippen LogP contribution in [0.3, 0.4) is 0 Å². The van der Waals surface area contributed by atoms with Gasteiger partial charge in [-0.15, -0.1) is 0 Å². The SMILES string of the molecule is Clc1nc(Cl)nc(Nc2ccccc2Cl)n1.[H-].[Na+]. The molecule has 0 aliphatic heterocycles. The second-order valence-corrected chi connectivity index (χ2v) is 3.89. The van der Waals surface area contributed by atoms with Crippen molar-refractivity contribution >= 4 is 46.4 Å². The summed E-state index contributed by atoms with van der Waals surface area (Å²) in [5.74, 6) is 0.248. The fraction of sp³-hybridized carbons (Fsp3) is 0. The number of nitrogens with one attached hydrogen (secondary N) is 1. The summed E-state index contributed by atoms with van der Waals surface area (Å²) in [7, 11) is 0. The van der Waals surface area contributed by atoms with Gasteiger partial charge in [0.25, 0.3) is 0 Å².